The van der Waals surface area contributed by atoms with Gasteiger partial charge in [0.25, 0.3) is 0 Å². The van der Waals surface area contributed by atoms with Crippen LogP contribution in [0.5, 0.6) is 0 Å². The molecular formula is C44H85O9P. The highest BCUT2D eigenvalue weighted by molar-refractivity contribution is 7.47. The Bertz CT molecular complexity index is 897. The molecule has 0 rings (SSSR count). The second-order valence-corrected chi connectivity index (χ2v) is 16.5. The first kappa shape index (κ1) is 52.9. The fraction of sp³-hybridized carbons (Fsp3) is 0.886. The van der Waals surface area contributed by atoms with E-state index >= 15 is 0 Å². The van der Waals surface area contributed by atoms with E-state index in [9.17, 15) is 19.4 Å². The highest BCUT2D eigenvalue weighted by atomic mass is 31.2. The van der Waals surface area contributed by atoms with Gasteiger partial charge in [0, 0.05) is 13.0 Å². The molecule has 0 radical (unpaired) electrons. The van der Waals surface area contributed by atoms with Crippen LogP contribution in [-0.2, 0) is 27.9 Å². The number of aliphatic hydroxyl groups excluding tert-OH is 2. The van der Waals surface area contributed by atoms with Gasteiger partial charge in [0.2, 0.25) is 0 Å². The van der Waals surface area contributed by atoms with Crippen molar-refractivity contribution in [3.05, 3.63) is 24.3 Å². The summed E-state index contributed by atoms with van der Waals surface area (Å²) >= 11 is 0. The van der Waals surface area contributed by atoms with E-state index in [2.05, 4.69) is 38.2 Å². The van der Waals surface area contributed by atoms with E-state index in [4.69, 9.17) is 23.6 Å². The summed E-state index contributed by atoms with van der Waals surface area (Å²) in [7, 11) is -4.51. The van der Waals surface area contributed by atoms with Crippen LogP contribution in [0.15, 0.2) is 24.3 Å². The summed E-state index contributed by atoms with van der Waals surface area (Å²) in [5.41, 5.74) is 0. The first-order chi connectivity index (χ1) is 26.3. The maximum absolute atomic E-state index is 12.6. The number of esters is 1. The molecule has 9 nitrogen and oxygen atoms in total. The maximum atomic E-state index is 12.6. The predicted octanol–water partition coefficient (Wildman–Crippen LogP) is 12.3. The molecule has 0 spiro atoms. The third-order valence-electron chi connectivity index (χ3n) is 9.64. The van der Waals surface area contributed by atoms with Gasteiger partial charge in [-0.15, -0.1) is 0 Å². The zero-order chi connectivity index (χ0) is 39.6. The predicted molar refractivity (Wildman–Crippen MR) is 224 cm³/mol. The summed E-state index contributed by atoms with van der Waals surface area (Å²) in [6, 6.07) is 0. The topological polar surface area (TPSA) is 132 Å². The molecule has 0 aliphatic heterocycles. The molecule has 320 valence electrons. The SMILES string of the molecule is CCCCCCC/C=C\C/C=C\CCCCCCCCCCCCCC(=O)OC(COCCCCCCCCCCCC)COP(=O)(O)OCC(O)CO. The number of rotatable bonds is 43. The normalized spacial score (nSPS) is 14.2. The molecular weight excluding hydrogens is 703 g/mol. The summed E-state index contributed by atoms with van der Waals surface area (Å²) in [5, 5.41) is 18.3. The zero-order valence-corrected chi connectivity index (χ0v) is 35.8. The van der Waals surface area contributed by atoms with Gasteiger partial charge < -0.3 is 24.6 Å². The molecule has 0 aliphatic carbocycles. The lowest BCUT2D eigenvalue weighted by Gasteiger charge is -2.20. The summed E-state index contributed by atoms with van der Waals surface area (Å²) < 4.78 is 33.3. The van der Waals surface area contributed by atoms with Crippen LogP contribution in [0.25, 0.3) is 0 Å². The van der Waals surface area contributed by atoms with Gasteiger partial charge in [-0.2, -0.15) is 0 Å². The van der Waals surface area contributed by atoms with Crippen LogP contribution in [0.4, 0.5) is 0 Å². The van der Waals surface area contributed by atoms with Crippen LogP contribution in [-0.4, -0.2) is 66.3 Å². The molecule has 0 aliphatic rings. The number of hydrogen-bond donors (Lipinski definition) is 3. The molecule has 0 aromatic heterocycles. The van der Waals surface area contributed by atoms with Crippen molar-refractivity contribution in [1.82, 2.24) is 0 Å². The van der Waals surface area contributed by atoms with Crippen LogP contribution in [0, 0.1) is 0 Å². The molecule has 3 atom stereocenters. The van der Waals surface area contributed by atoms with Crippen LogP contribution in [0.2, 0.25) is 0 Å². The Kier molecular flexibility index (Phi) is 40.8. The monoisotopic (exact) mass is 789 g/mol. The van der Waals surface area contributed by atoms with E-state index in [-0.39, 0.29) is 25.6 Å². The zero-order valence-electron chi connectivity index (χ0n) is 35.0. The number of unbranched alkanes of at least 4 members (excludes halogenated alkanes) is 25. The fourth-order valence-corrected chi connectivity index (χ4v) is 7.00. The van der Waals surface area contributed by atoms with Crippen LogP contribution < -0.4 is 0 Å². The first-order valence-corrected chi connectivity index (χ1v) is 23.8. The average molecular weight is 789 g/mol. The van der Waals surface area contributed by atoms with Crippen LogP contribution >= 0.6 is 7.82 Å². The number of aliphatic hydroxyl groups is 2. The minimum absolute atomic E-state index is 0.0523. The van der Waals surface area contributed by atoms with Gasteiger partial charge in [-0.05, 0) is 44.9 Å². The Morgan fingerprint density at radius 1 is 0.574 bits per heavy atom. The standard InChI is InChI=1S/C44H85O9P/c1-3-5-7-9-11-13-15-16-17-18-19-20-21-22-23-24-25-26-27-28-30-32-34-36-44(47)53-43(41-52-54(48,49)51-39-42(46)38-45)40-50-37-35-33-31-29-14-12-10-8-6-4-2/h15-16,18-19,42-43,45-46H,3-14,17,20-41H2,1-2H3,(H,48,49)/b16-15-,19-18-. The summed E-state index contributed by atoms with van der Waals surface area (Å²) in [6.45, 7) is 3.52. The molecule has 0 saturated carbocycles. The molecule has 0 saturated heterocycles. The van der Waals surface area contributed by atoms with Crippen molar-refractivity contribution >= 4 is 13.8 Å². The average Bonchev–Trinajstić information content (AvgIpc) is 3.16. The Labute approximate surface area is 332 Å². The van der Waals surface area contributed by atoms with Crippen molar-refractivity contribution in [2.45, 2.75) is 219 Å². The molecule has 0 amide bonds. The quantitative estimate of drug-likeness (QED) is 0.0239. The minimum Gasteiger partial charge on any atom is -0.457 e. The Morgan fingerprint density at radius 3 is 1.48 bits per heavy atom. The van der Waals surface area contributed by atoms with Gasteiger partial charge >= 0.3 is 13.8 Å². The molecule has 54 heavy (non-hydrogen) atoms. The number of allylic oxidation sites excluding steroid dienone is 4. The molecule has 3 unspecified atom stereocenters. The molecule has 10 heteroatoms. The van der Waals surface area contributed by atoms with Gasteiger partial charge in [0.05, 0.1) is 26.4 Å². The Balaban J connectivity index is 4.04. The van der Waals surface area contributed by atoms with E-state index in [1.54, 1.807) is 0 Å². The van der Waals surface area contributed by atoms with Gasteiger partial charge in [0.15, 0.2) is 0 Å². The van der Waals surface area contributed by atoms with Crippen molar-refractivity contribution in [2.24, 2.45) is 0 Å². The second kappa shape index (κ2) is 41.6. The Morgan fingerprint density at radius 2 is 1.00 bits per heavy atom. The fourth-order valence-electron chi connectivity index (χ4n) is 6.21. The number of phosphoric acid groups is 1. The van der Waals surface area contributed by atoms with E-state index in [0.29, 0.717) is 6.61 Å². The van der Waals surface area contributed by atoms with Crippen molar-refractivity contribution in [1.29, 1.82) is 0 Å². The van der Waals surface area contributed by atoms with Crippen molar-refractivity contribution in [2.75, 3.05) is 33.0 Å². The highest BCUT2D eigenvalue weighted by Crippen LogP contribution is 2.43. The Hall–Kier alpha value is -1.06. The number of hydrogen-bond acceptors (Lipinski definition) is 8. The van der Waals surface area contributed by atoms with E-state index < -0.39 is 33.2 Å². The summed E-state index contributed by atoms with van der Waals surface area (Å²) in [6.07, 6.45) is 42.8. The molecule has 0 bridgehead atoms. The largest absolute Gasteiger partial charge is 0.472 e. The number of carbonyl (C=O) groups excluding carboxylic acids is 1. The highest BCUT2D eigenvalue weighted by Gasteiger charge is 2.26. The van der Waals surface area contributed by atoms with E-state index in [0.717, 1.165) is 38.5 Å². The lowest BCUT2D eigenvalue weighted by molar-refractivity contribution is -0.154. The molecule has 3 N–H and O–H groups in total. The van der Waals surface area contributed by atoms with Gasteiger partial charge in [-0.3, -0.25) is 13.8 Å². The number of phosphoric ester groups is 1. The summed E-state index contributed by atoms with van der Waals surface area (Å²) in [4.78, 5) is 22.5. The van der Waals surface area contributed by atoms with E-state index in [1.165, 1.54) is 148 Å². The molecule has 0 aromatic carbocycles. The van der Waals surface area contributed by atoms with Crippen molar-refractivity contribution in [3.63, 3.8) is 0 Å². The van der Waals surface area contributed by atoms with Gasteiger partial charge in [-0.1, -0.05) is 179 Å². The molecule has 0 heterocycles. The minimum atomic E-state index is -4.51. The lowest BCUT2D eigenvalue weighted by Crippen LogP contribution is -2.29. The number of ether oxygens (including phenoxy) is 2. The molecule has 0 aromatic rings. The van der Waals surface area contributed by atoms with Crippen molar-refractivity contribution in [3.8, 4) is 0 Å². The molecule has 0 fully saturated rings. The van der Waals surface area contributed by atoms with Crippen LogP contribution in [0.3, 0.4) is 0 Å². The van der Waals surface area contributed by atoms with Crippen LogP contribution in [0.1, 0.15) is 206 Å². The maximum Gasteiger partial charge on any atom is 0.472 e. The van der Waals surface area contributed by atoms with Gasteiger partial charge in [0.1, 0.15) is 12.2 Å². The second-order valence-electron chi connectivity index (χ2n) is 15.1. The first-order valence-electron chi connectivity index (χ1n) is 22.3. The van der Waals surface area contributed by atoms with E-state index in [1.807, 2.05) is 0 Å². The van der Waals surface area contributed by atoms with Gasteiger partial charge in [-0.25, -0.2) is 4.57 Å². The smallest absolute Gasteiger partial charge is 0.457 e. The van der Waals surface area contributed by atoms with Crippen molar-refractivity contribution < 1.29 is 43.0 Å². The lowest BCUT2D eigenvalue weighted by atomic mass is 10.0. The third kappa shape index (κ3) is 40.6. The number of carbonyl (C=O) groups is 1. The summed E-state index contributed by atoms with van der Waals surface area (Å²) in [5.74, 6) is -0.383. The third-order valence-corrected chi connectivity index (χ3v) is 10.6.